The molecule has 0 amide bonds. The lowest BCUT2D eigenvalue weighted by Crippen LogP contribution is -2.30. The van der Waals surface area contributed by atoms with Crippen LogP contribution in [0.5, 0.6) is 5.75 Å². The Bertz CT molecular complexity index is 1080. The Morgan fingerprint density at radius 3 is 2.11 bits per heavy atom. The van der Waals surface area contributed by atoms with E-state index < -0.39 is 35.6 Å². The number of non-ortho nitro benzene ring substituents is 1. The van der Waals surface area contributed by atoms with E-state index in [2.05, 4.69) is 9.44 Å². The first kappa shape index (κ1) is 21.6. The molecule has 0 aliphatic heterocycles. The van der Waals surface area contributed by atoms with Crippen LogP contribution in [-0.4, -0.2) is 34.9 Å². The maximum absolute atomic E-state index is 12.6. The van der Waals surface area contributed by atoms with Gasteiger partial charge in [0.2, 0.25) is 10.0 Å². The van der Waals surface area contributed by atoms with Gasteiger partial charge in [-0.3, -0.25) is 14.8 Å². The predicted molar refractivity (Wildman–Crippen MR) is 102 cm³/mol. The number of methoxy groups -OCH3 is 1. The zero-order chi connectivity index (χ0) is 21.1. The average molecular weight is 429 g/mol. The summed E-state index contributed by atoms with van der Waals surface area (Å²) in [6.45, 7) is 3.35. The number of nitro benzene ring substituents is 1. The van der Waals surface area contributed by atoms with Crippen LogP contribution in [0.4, 0.5) is 11.4 Å². The second-order valence-electron chi connectivity index (χ2n) is 6.00. The summed E-state index contributed by atoms with van der Waals surface area (Å²) < 4.78 is 59.1. The van der Waals surface area contributed by atoms with E-state index in [4.69, 9.17) is 4.74 Å². The highest BCUT2D eigenvalue weighted by atomic mass is 32.2. The van der Waals surface area contributed by atoms with Crippen LogP contribution < -0.4 is 14.2 Å². The minimum Gasteiger partial charge on any atom is -0.495 e. The first-order chi connectivity index (χ1) is 13.0. The molecule has 0 saturated carbocycles. The molecule has 0 saturated heterocycles. The summed E-state index contributed by atoms with van der Waals surface area (Å²) in [5.41, 5.74) is -0.334. The monoisotopic (exact) mass is 429 g/mol. The van der Waals surface area contributed by atoms with Crippen LogP contribution >= 0.6 is 0 Å². The Hall–Kier alpha value is -2.70. The van der Waals surface area contributed by atoms with Crippen molar-refractivity contribution in [2.24, 2.45) is 0 Å². The number of nitrogens with one attached hydrogen (secondary N) is 2. The summed E-state index contributed by atoms with van der Waals surface area (Å²) in [5, 5.41) is 10.9. The number of benzene rings is 2. The maximum Gasteiger partial charge on any atom is 0.271 e. The summed E-state index contributed by atoms with van der Waals surface area (Å²) in [7, 11) is -6.71. The highest BCUT2D eigenvalue weighted by molar-refractivity contribution is 7.92. The highest BCUT2D eigenvalue weighted by Gasteiger charge is 2.24. The molecule has 10 nitrogen and oxygen atoms in total. The molecule has 0 aliphatic carbocycles. The number of hydrogen-bond donors (Lipinski definition) is 2. The largest absolute Gasteiger partial charge is 0.495 e. The standard InChI is InChI=1S/C16H19N3O7S2/c1-11(2)17-27(22,23)14-7-4-12(5-8-14)18-28(24,25)16-10-13(19(20)21)6-9-15(16)26-3/h4-11,17-18H,1-3H3. The smallest absolute Gasteiger partial charge is 0.271 e. The first-order valence-electron chi connectivity index (χ1n) is 7.94. The lowest BCUT2D eigenvalue weighted by atomic mass is 10.3. The van der Waals surface area contributed by atoms with Crippen molar-refractivity contribution in [3.8, 4) is 5.75 Å². The van der Waals surface area contributed by atoms with Gasteiger partial charge in [0.15, 0.2) is 0 Å². The predicted octanol–water partition coefficient (Wildman–Crippen LogP) is 2.09. The van der Waals surface area contributed by atoms with E-state index >= 15 is 0 Å². The van der Waals surface area contributed by atoms with Crippen LogP contribution in [0, 0.1) is 10.1 Å². The number of rotatable bonds is 8. The Morgan fingerprint density at radius 2 is 1.61 bits per heavy atom. The molecule has 2 rings (SSSR count). The molecule has 0 unspecified atom stereocenters. The van der Waals surface area contributed by atoms with Crippen LogP contribution in [0.25, 0.3) is 0 Å². The van der Waals surface area contributed by atoms with Gasteiger partial charge in [0, 0.05) is 23.9 Å². The van der Waals surface area contributed by atoms with E-state index in [0.717, 1.165) is 12.1 Å². The zero-order valence-electron chi connectivity index (χ0n) is 15.2. The van der Waals surface area contributed by atoms with E-state index in [0.29, 0.717) is 0 Å². The van der Waals surface area contributed by atoms with E-state index in [-0.39, 0.29) is 22.4 Å². The van der Waals surface area contributed by atoms with Gasteiger partial charge in [-0.2, -0.15) is 0 Å². The van der Waals surface area contributed by atoms with Gasteiger partial charge in [0.1, 0.15) is 10.6 Å². The van der Waals surface area contributed by atoms with Gasteiger partial charge in [-0.15, -0.1) is 0 Å². The van der Waals surface area contributed by atoms with Crippen molar-refractivity contribution in [1.82, 2.24) is 4.72 Å². The molecule has 2 aromatic carbocycles. The Kier molecular flexibility index (Phi) is 6.27. The third kappa shape index (κ3) is 4.97. The molecule has 0 radical (unpaired) electrons. The lowest BCUT2D eigenvalue weighted by Gasteiger charge is -2.13. The molecule has 0 atom stereocenters. The Balaban J connectivity index is 2.35. The van der Waals surface area contributed by atoms with Crippen molar-refractivity contribution in [3.05, 3.63) is 52.6 Å². The summed E-state index contributed by atoms with van der Waals surface area (Å²) >= 11 is 0. The van der Waals surface area contributed by atoms with Gasteiger partial charge in [0.05, 0.1) is 16.9 Å². The highest BCUT2D eigenvalue weighted by Crippen LogP contribution is 2.29. The molecular weight excluding hydrogens is 410 g/mol. The molecule has 0 heterocycles. The van der Waals surface area contributed by atoms with E-state index in [1.807, 2.05) is 0 Å². The third-order valence-corrected chi connectivity index (χ3v) is 6.53. The number of ether oxygens (including phenoxy) is 1. The number of nitro groups is 1. The second kappa shape index (κ2) is 8.12. The fraction of sp³-hybridized carbons (Fsp3) is 0.250. The van der Waals surface area contributed by atoms with Crippen LogP contribution in [-0.2, 0) is 20.0 Å². The third-order valence-electron chi connectivity index (χ3n) is 3.46. The van der Waals surface area contributed by atoms with Crippen LogP contribution in [0.1, 0.15) is 13.8 Å². The number of nitrogens with zero attached hydrogens (tertiary/aromatic N) is 1. The van der Waals surface area contributed by atoms with E-state index in [1.165, 1.54) is 37.4 Å². The lowest BCUT2D eigenvalue weighted by molar-refractivity contribution is -0.385. The molecule has 0 fully saturated rings. The summed E-state index contributed by atoms with van der Waals surface area (Å²) in [6.07, 6.45) is 0. The summed E-state index contributed by atoms with van der Waals surface area (Å²) in [5.74, 6) is -0.0709. The second-order valence-corrected chi connectivity index (χ2v) is 9.36. The van der Waals surface area contributed by atoms with Crippen molar-refractivity contribution in [1.29, 1.82) is 0 Å². The number of anilines is 1. The molecule has 2 N–H and O–H groups in total. The minimum atomic E-state index is -4.22. The quantitative estimate of drug-likeness (QED) is 0.483. The first-order valence-corrected chi connectivity index (χ1v) is 10.9. The normalized spacial score (nSPS) is 12.0. The molecule has 0 aromatic heterocycles. The molecule has 152 valence electrons. The van der Waals surface area contributed by atoms with Gasteiger partial charge in [0.25, 0.3) is 15.7 Å². The van der Waals surface area contributed by atoms with Gasteiger partial charge < -0.3 is 4.74 Å². The molecule has 28 heavy (non-hydrogen) atoms. The molecule has 0 bridgehead atoms. The van der Waals surface area contributed by atoms with E-state index in [1.54, 1.807) is 13.8 Å². The van der Waals surface area contributed by atoms with Gasteiger partial charge in [-0.25, -0.2) is 21.6 Å². The van der Waals surface area contributed by atoms with Gasteiger partial charge in [-0.1, -0.05) is 0 Å². The molecule has 2 aromatic rings. The number of hydrogen-bond acceptors (Lipinski definition) is 7. The zero-order valence-corrected chi connectivity index (χ0v) is 16.9. The topological polar surface area (TPSA) is 145 Å². The molecule has 12 heteroatoms. The van der Waals surface area contributed by atoms with Crippen molar-refractivity contribution < 1.29 is 26.5 Å². The van der Waals surface area contributed by atoms with Crippen molar-refractivity contribution in [2.45, 2.75) is 29.7 Å². The fourth-order valence-electron chi connectivity index (χ4n) is 2.28. The van der Waals surface area contributed by atoms with Crippen molar-refractivity contribution in [3.63, 3.8) is 0 Å². The molecule has 0 aliphatic rings. The Morgan fingerprint density at radius 1 is 1.00 bits per heavy atom. The van der Waals surface area contributed by atoms with Gasteiger partial charge in [-0.05, 0) is 44.2 Å². The van der Waals surface area contributed by atoms with Crippen LogP contribution in [0.2, 0.25) is 0 Å². The fourth-order valence-corrected chi connectivity index (χ4v) is 4.78. The molecule has 0 spiro atoms. The van der Waals surface area contributed by atoms with Crippen LogP contribution in [0.15, 0.2) is 52.3 Å². The summed E-state index contributed by atoms with van der Waals surface area (Å²) in [4.78, 5) is 9.77. The SMILES string of the molecule is COc1ccc([N+](=O)[O-])cc1S(=O)(=O)Nc1ccc(S(=O)(=O)NC(C)C)cc1. The number of sulfonamides is 2. The average Bonchev–Trinajstić information content (AvgIpc) is 2.60. The van der Waals surface area contributed by atoms with Crippen molar-refractivity contribution >= 4 is 31.4 Å². The summed E-state index contributed by atoms with van der Waals surface area (Å²) in [6, 6.07) is 7.92. The Labute approximate surface area is 162 Å². The van der Waals surface area contributed by atoms with Crippen LogP contribution in [0.3, 0.4) is 0 Å². The maximum atomic E-state index is 12.6. The van der Waals surface area contributed by atoms with Gasteiger partial charge >= 0.3 is 0 Å². The van der Waals surface area contributed by atoms with E-state index in [9.17, 15) is 26.9 Å². The molecular formula is C16H19N3O7S2. The minimum absolute atomic E-state index is 0.0305. The van der Waals surface area contributed by atoms with Crippen molar-refractivity contribution in [2.75, 3.05) is 11.8 Å².